The molecule has 2 aromatic rings. The Bertz CT molecular complexity index is 1070. The van der Waals surface area contributed by atoms with E-state index in [-0.39, 0.29) is 23.0 Å². The molecule has 2 aromatic carbocycles. The maximum Gasteiger partial charge on any atom is 0.338 e. The van der Waals surface area contributed by atoms with Gasteiger partial charge in [-0.05, 0) is 43.5 Å². The Hall–Kier alpha value is -3.24. The summed E-state index contributed by atoms with van der Waals surface area (Å²) in [6, 6.07) is 13.7. The number of benzene rings is 2. The molecular formula is C21H23N3O6S. The van der Waals surface area contributed by atoms with E-state index in [4.69, 9.17) is 4.74 Å². The molecule has 1 aliphatic rings. The number of hydrogen-bond donors (Lipinski definition) is 3. The summed E-state index contributed by atoms with van der Waals surface area (Å²) in [6.07, 6.45) is 0.304. The molecule has 0 spiro atoms. The van der Waals surface area contributed by atoms with E-state index in [1.165, 1.54) is 31.2 Å². The van der Waals surface area contributed by atoms with E-state index in [2.05, 4.69) is 15.4 Å². The third-order valence-electron chi connectivity index (χ3n) is 4.46. The lowest BCUT2D eigenvalue weighted by Gasteiger charge is -2.14. The first-order chi connectivity index (χ1) is 14.7. The first-order valence-corrected chi connectivity index (χ1v) is 11.2. The number of hydrogen-bond acceptors (Lipinski definition) is 6. The van der Waals surface area contributed by atoms with E-state index < -0.39 is 34.0 Å². The zero-order valence-corrected chi connectivity index (χ0v) is 17.6. The maximum atomic E-state index is 12.4. The molecule has 9 nitrogen and oxygen atoms in total. The van der Waals surface area contributed by atoms with Crippen molar-refractivity contribution in [3.8, 4) is 0 Å². The fraction of sp³-hybridized carbons (Fsp3) is 0.286. The topological polar surface area (TPSA) is 131 Å². The summed E-state index contributed by atoms with van der Waals surface area (Å²) in [6.45, 7) is 1.54. The number of urea groups is 1. The molecule has 1 fully saturated rings. The third-order valence-corrected chi connectivity index (χ3v) is 5.98. The van der Waals surface area contributed by atoms with Crippen molar-refractivity contribution < 1.29 is 27.5 Å². The Kier molecular flexibility index (Phi) is 7.03. The predicted molar refractivity (Wildman–Crippen MR) is 111 cm³/mol. The quantitative estimate of drug-likeness (QED) is 0.530. The van der Waals surface area contributed by atoms with Crippen LogP contribution < -0.4 is 15.4 Å². The van der Waals surface area contributed by atoms with Crippen LogP contribution in [-0.2, 0) is 26.1 Å². The molecule has 0 aromatic heterocycles. The number of nitrogens with one attached hydrogen (secondary N) is 3. The van der Waals surface area contributed by atoms with Crippen LogP contribution in [0.25, 0.3) is 0 Å². The molecule has 31 heavy (non-hydrogen) atoms. The van der Waals surface area contributed by atoms with Gasteiger partial charge in [0.1, 0.15) is 0 Å². The van der Waals surface area contributed by atoms with Gasteiger partial charge in [0.05, 0.1) is 10.5 Å². The maximum absolute atomic E-state index is 12.4. The van der Waals surface area contributed by atoms with Gasteiger partial charge in [0.25, 0.3) is 5.91 Å². The van der Waals surface area contributed by atoms with Gasteiger partial charge in [-0.15, -0.1) is 0 Å². The van der Waals surface area contributed by atoms with E-state index in [0.717, 1.165) is 18.4 Å². The molecule has 0 radical (unpaired) electrons. The minimum absolute atomic E-state index is 0.0214. The van der Waals surface area contributed by atoms with Gasteiger partial charge in [-0.3, -0.25) is 10.1 Å². The molecule has 1 aliphatic carbocycles. The molecule has 3 amide bonds. The fourth-order valence-corrected chi connectivity index (χ4v) is 3.95. The van der Waals surface area contributed by atoms with Crippen molar-refractivity contribution in [1.82, 2.24) is 15.4 Å². The van der Waals surface area contributed by atoms with Gasteiger partial charge in [-0.1, -0.05) is 36.4 Å². The van der Waals surface area contributed by atoms with E-state index >= 15 is 0 Å². The minimum Gasteiger partial charge on any atom is -0.449 e. The largest absolute Gasteiger partial charge is 0.449 e. The summed E-state index contributed by atoms with van der Waals surface area (Å²) >= 11 is 0. The van der Waals surface area contributed by atoms with Crippen molar-refractivity contribution in [3.05, 3.63) is 65.7 Å². The summed E-state index contributed by atoms with van der Waals surface area (Å²) in [5.74, 6) is -1.69. The molecule has 0 bridgehead atoms. The highest BCUT2D eigenvalue weighted by Gasteiger charge is 2.28. The van der Waals surface area contributed by atoms with Gasteiger partial charge >= 0.3 is 12.0 Å². The molecule has 10 heteroatoms. The van der Waals surface area contributed by atoms with E-state index in [0.29, 0.717) is 0 Å². The van der Waals surface area contributed by atoms with Gasteiger partial charge in [0.15, 0.2) is 6.10 Å². The SMILES string of the molecule is CC(OC(=O)c1cccc(S(=O)(=O)NC2CC2)c1)C(=O)NC(=O)NCc1ccccc1. The predicted octanol–water partition coefficient (Wildman–Crippen LogP) is 1.70. The van der Waals surface area contributed by atoms with Crippen molar-refractivity contribution in [2.24, 2.45) is 0 Å². The second-order valence-corrected chi connectivity index (χ2v) is 8.84. The zero-order chi connectivity index (χ0) is 22.4. The van der Waals surface area contributed by atoms with Crippen molar-refractivity contribution in [2.45, 2.75) is 43.4 Å². The van der Waals surface area contributed by atoms with Gasteiger partial charge in [0, 0.05) is 12.6 Å². The Balaban J connectivity index is 1.53. The van der Waals surface area contributed by atoms with Crippen LogP contribution >= 0.6 is 0 Å². The summed E-state index contributed by atoms with van der Waals surface area (Å²) in [5.41, 5.74) is 0.836. The van der Waals surface area contributed by atoms with Crippen LogP contribution in [0.4, 0.5) is 4.79 Å². The highest BCUT2D eigenvalue weighted by Crippen LogP contribution is 2.22. The highest BCUT2D eigenvalue weighted by molar-refractivity contribution is 7.89. The lowest BCUT2D eigenvalue weighted by molar-refractivity contribution is -0.127. The minimum atomic E-state index is -3.73. The van der Waals surface area contributed by atoms with Crippen LogP contribution in [0.15, 0.2) is 59.5 Å². The summed E-state index contributed by atoms with van der Waals surface area (Å²) in [5, 5.41) is 4.63. The molecule has 164 valence electrons. The van der Waals surface area contributed by atoms with Crippen LogP contribution in [0.5, 0.6) is 0 Å². The molecule has 3 N–H and O–H groups in total. The highest BCUT2D eigenvalue weighted by atomic mass is 32.2. The lowest BCUT2D eigenvalue weighted by Crippen LogP contribution is -2.44. The summed E-state index contributed by atoms with van der Waals surface area (Å²) < 4.78 is 32.2. The standard InChI is InChI=1S/C21H23N3O6S/c1-14(19(25)23-21(27)22-13-15-6-3-2-4-7-15)30-20(26)16-8-5-9-18(12-16)31(28,29)24-17-10-11-17/h2-9,12,14,17,24H,10-11,13H2,1H3,(H2,22,23,25,27). The smallest absolute Gasteiger partial charge is 0.338 e. The van der Waals surface area contributed by atoms with Gasteiger partial charge in [-0.2, -0.15) is 0 Å². The molecule has 3 rings (SSSR count). The Morgan fingerprint density at radius 2 is 1.77 bits per heavy atom. The molecule has 0 aliphatic heterocycles. The van der Waals surface area contributed by atoms with E-state index in [9.17, 15) is 22.8 Å². The summed E-state index contributed by atoms with van der Waals surface area (Å²) in [4.78, 5) is 36.3. The van der Waals surface area contributed by atoms with E-state index in [1.807, 2.05) is 30.3 Å². The molecule has 1 atom stereocenters. The monoisotopic (exact) mass is 445 g/mol. The van der Waals surface area contributed by atoms with Gasteiger partial charge in [-0.25, -0.2) is 22.7 Å². The zero-order valence-electron chi connectivity index (χ0n) is 16.8. The van der Waals surface area contributed by atoms with Crippen molar-refractivity contribution in [2.75, 3.05) is 0 Å². The van der Waals surface area contributed by atoms with Crippen LogP contribution in [0.2, 0.25) is 0 Å². The van der Waals surface area contributed by atoms with Crippen molar-refractivity contribution in [1.29, 1.82) is 0 Å². The normalized spacial score (nSPS) is 14.4. The number of imide groups is 1. The van der Waals surface area contributed by atoms with Crippen molar-refractivity contribution >= 4 is 27.9 Å². The molecule has 1 unspecified atom stereocenters. The Labute approximate surface area is 180 Å². The fourth-order valence-electron chi connectivity index (χ4n) is 2.60. The average Bonchev–Trinajstić information content (AvgIpc) is 3.56. The number of esters is 1. The van der Waals surface area contributed by atoms with Crippen LogP contribution in [0.3, 0.4) is 0 Å². The Morgan fingerprint density at radius 1 is 1.06 bits per heavy atom. The molecule has 1 saturated carbocycles. The Morgan fingerprint density at radius 3 is 2.45 bits per heavy atom. The molecular weight excluding hydrogens is 422 g/mol. The number of rotatable bonds is 8. The van der Waals surface area contributed by atoms with Crippen LogP contribution in [0, 0.1) is 0 Å². The lowest BCUT2D eigenvalue weighted by atomic mass is 10.2. The molecule has 0 heterocycles. The molecule has 0 saturated heterocycles. The van der Waals surface area contributed by atoms with E-state index in [1.54, 1.807) is 0 Å². The summed E-state index contributed by atoms with van der Waals surface area (Å²) in [7, 11) is -3.73. The van der Waals surface area contributed by atoms with Crippen molar-refractivity contribution in [3.63, 3.8) is 0 Å². The number of sulfonamides is 1. The number of carbonyl (C=O) groups is 3. The number of amides is 3. The van der Waals surface area contributed by atoms with Crippen LogP contribution in [0.1, 0.15) is 35.7 Å². The number of carbonyl (C=O) groups excluding carboxylic acids is 3. The van der Waals surface area contributed by atoms with Gasteiger partial charge in [0.2, 0.25) is 10.0 Å². The number of ether oxygens (including phenoxy) is 1. The van der Waals surface area contributed by atoms with Gasteiger partial charge < -0.3 is 10.1 Å². The third kappa shape index (κ3) is 6.63. The second kappa shape index (κ2) is 9.71. The average molecular weight is 445 g/mol. The first-order valence-electron chi connectivity index (χ1n) is 9.70. The first kappa shape index (κ1) is 22.4. The second-order valence-electron chi connectivity index (χ2n) is 7.13. The van der Waals surface area contributed by atoms with Crippen LogP contribution in [-0.4, -0.2) is 38.5 Å².